The molecule has 0 aliphatic carbocycles. The van der Waals surface area contributed by atoms with E-state index >= 15 is 0 Å². The summed E-state index contributed by atoms with van der Waals surface area (Å²) in [5.74, 6) is 0. The van der Waals surface area contributed by atoms with Crippen molar-refractivity contribution in [1.82, 2.24) is 0 Å². The fraction of sp³-hybridized carbons (Fsp3) is 0.154. The van der Waals surface area contributed by atoms with E-state index in [1.165, 1.54) is 8.47 Å². The predicted molar refractivity (Wildman–Crippen MR) is 88.7 cm³/mol. The van der Waals surface area contributed by atoms with Gasteiger partial charge in [0, 0.05) is 5.57 Å². The van der Waals surface area contributed by atoms with Gasteiger partial charge in [0.05, 0.1) is 12.7 Å². The van der Waals surface area contributed by atoms with Crippen LogP contribution in [0.3, 0.4) is 0 Å². The molecule has 1 aliphatic heterocycles. The Kier molecular flexibility index (Phi) is 5.36. The highest BCUT2D eigenvalue weighted by molar-refractivity contribution is 8.40. The lowest BCUT2D eigenvalue weighted by Gasteiger charge is -2.04. The molecule has 0 atom stereocenters. The van der Waals surface area contributed by atoms with Gasteiger partial charge in [0.15, 0.2) is 6.29 Å². The van der Waals surface area contributed by atoms with E-state index in [9.17, 15) is 4.79 Å². The van der Waals surface area contributed by atoms with Crippen LogP contribution in [0.5, 0.6) is 0 Å². The Bertz CT molecular complexity index is 487. The normalized spacial score (nSPS) is 15.1. The van der Waals surface area contributed by atoms with Gasteiger partial charge in [0.2, 0.25) is 0 Å². The molecule has 1 aromatic carbocycles. The van der Waals surface area contributed by atoms with E-state index in [0.29, 0.717) is 0 Å². The van der Waals surface area contributed by atoms with Crippen LogP contribution in [0.2, 0.25) is 0 Å². The average Bonchev–Trinajstić information content (AvgIpc) is 2.84. The molecule has 0 fully saturated rings. The molecule has 0 saturated carbocycles. The van der Waals surface area contributed by atoms with E-state index in [1.807, 2.05) is 30.3 Å². The molecule has 1 aromatic rings. The summed E-state index contributed by atoms with van der Waals surface area (Å²) >= 11 is 6.89. The number of allylic oxidation sites excluding steroid dienone is 1. The molecule has 0 saturated heterocycles. The van der Waals surface area contributed by atoms with Gasteiger partial charge >= 0.3 is 0 Å². The lowest BCUT2D eigenvalue weighted by atomic mass is 10.1. The number of benzene rings is 1. The van der Waals surface area contributed by atoms with Crippen molar-refractivity contribution < 1.29 is 4.79 Å². The first-order valence-electron chi connectivity index (χ1n) is 5.23. The predicted octanol–water partition coefficient (Wildman–Crippen LogP) is 4.89. The van der Waals surface area contributed by atoms with Crippen molar-refractivity contribution in [1.29, 1.82) is 0 Å². The average molecular weight is 313 g/mol. The molecule has 0 spiro atoms. The zero-order chi connectivity index (χ0) is 13.0. The molecule has 1 nitrogen and oxygen atoms in total. The number of rotatable bonds is 4. The third-order valence-corrected chi connectivity index (χ3v) is 7.59. The quantitative estimate of drug-likeness (QED) is 0.580. The van der Waals surface area contributed by atoms with Crippen LogP contribution >= 0.6 is 47.0 Å². The van der Waals surface area contributed by atoms with Gasteiger partial charge in [-0.1, -0.05) is 53.9 Å². The smallest absolute Gasteiger partial charge is 0.152 e. The Morgan fingerprint density at radius 3 is 2.06 bits per heavy atom. The minimum absolute atomic E-state index is 0.793. The van der Waals surface area contributed by atoms with Gasteiger partial charge in [-0.05, 0) is 18.1 Å². The van der Waals surface area contributed by atoms with Gasteiger partial charge < -0.3 is 0 Å². The second-order valence-corrected chi connectivity index (χ2v) is 7.82. The summed E-state index contributed by atoms with van der Waals surface area (Å²) in [7, 11) is 0. The number of carbonyl (C=O) groups is 1. The van der Waals surface area contributed by atoms with Crippen molar-refractivity contribution in [2.45, 2.75) is 0 Å². The zero-order valence-electron chi connectivity index (χ0n) is 10.0. The molecule has 0 aromatic heterocycles. The van der Waals surface area contributed by atoms with Gasteiger partial charge in [-0.25, -0.2) is 0 Å². The van der Waals surface area contributed by atoms with Crippen molar-refractivity contribution in [3.05, 3.63) is 48.6 Å². The summed E-state index contributed by atoms with van der Waals surface area (Å²) in [5.41, 5.74) is 1.78. The molecular formula is C13H12OS4. The second-order valence-electron chi connectivity index (χ2n) is 3.37. The van der Waals surface area contributed by atoms with Crippen LogP contribution in [0, 0.1) is 0 Å². The third kappa shape index (κ3) is 3.02. The number of aldehydes is 1. The Hall–Kier alpha value is -0.230. The number of carbonyl (C=O) groups excluding carboxylic acids is 1. The van der Waals surface area contributed by atoms with Crippen molar-refractivity contribution in [3.63, 3.8) is 0 Å². The van der Waals surface area contributed by atoms with Crippen LogP contribution in [-0.2, 0) is 4.79 Å². The van der Waals surface area contributed by atoms with E-state index in [0.717, 1.165) is 21.7 Å². The maximum Gasteiger partial charge on any atom is 0.152 e. The van der Waals surface area contributed by atoms with Gasteiger partial charge in [-0.2, -0.15) is 0 Å². The molecule has 1 heterocycles. The number of hydrogen-bond donors (Lipinski definition) is 0. The summed E-state index contributed by atoms with van der Waals surface area (Å²) < 4.78 is 3.67. The molecule has 0 bridgehead atoms. The van der Waals surface area contributed by atoms with Crippen LogP contribution in [0.25, 0.3) is 5.57 Å². The summed E-state index contributed by atoms with van der Waals surface area (Å²) in [6.07, 6.45) is 5.11. The Morgan fingerprint density at radius 1 is 1.06 bits per heavy atom. The molecule has 18 heavy (non-hydrogen) atoms. The van der Waals surface area contributed by atoms with E-state index in [-0.39, 0.29) is 0 Å². The highest BCUT2D eigenvalue weighted by Gasteiger charge is 2.23. The van der Waals surface area contributed by atoms with Crippen LogP contribution in [0.1, 0.15) is 5.56 Å². The maximum atomic E-state index is 11.4. The van der Waals surface area contributed by atoms with Crippen molar-refractivity contribution in [2.24, 2.45) is 0 Å². The van der Waals surface area contributed by atoms with Crippen molar-refractivity contribution >= 4 is 58.9 Å². The molecule has 2 rings (SSSR count). The highest BCUT2D eigenvalue weighted by Crippen LogP contribution is 2.57. The molecule has 1 aliphatic rings. The number of thioether (sulfide) groups is 4. The molecule has 5 heteroatoms. The van der Waals surface area contributed by atoms with E-state index in [4.69, 9.17) is 0 Å². The minimum atomic E-state index is 0.793. The minimum Gasteiger partial charge on any atom is -0.298 e. The topological polar surface area (TPSA) is 17.1 Å². The molecular weight excluding hydrogens is 300 g/mol. The first-order chi connectivity index (χ1) is 8.80. The van der Waals surface area contributed by atoms with E-state index in [1.54, 1.807) is 47.0 Å². The van der Waals surface area contributed by atoms with Crippen LogP contribution in [-0.4, -0.2) is 18.8 Å². The summed E-state index contributed by atoms with van der Waals surface area (Å²) in [5, 5.41) is 0. The largest absolute Gasteiger partial charge is 0.298 e. The Balaban J connectivity index is 2.35. The van der Waals surface area contributed by atoms with Crippen molar-refractivity contribution in [2.75, 3.05) is 12.5 Å². The van der Waals surface area contributed by atoms with Crippen LogP contribution in [0.15, 0.2) is 43.0 Å². The molecule has 0 radical (unpaired) electrons. The van der Waals surface area contributed by atoms with Gasteiger partial charge in [-0.3, -0.25) is 4.79 Å². The van der Waals surface area contributed by atoms with Gasteiger partial charge in [0.25, 0.3) is 0 Å². The summed E-state index contributed by atoms with van der Waals surface area (Å²) in [6.45, 7) is 0. The number of hydrogen-bond acceptors (Lipinski definition) is 5. The Labute approximate surface area is 124 Å². The molecule has 94 valence electrons. The van der Waals surface area contributed by atoms with Crippen LogP contribution < -0.4 is 0 Å². The molecule has 0 unspecified atom stereocenters. The SMILES string of the molecule is CSC1=C(SC)SC(=C(C=O)c2ccccc2)S1. The third-order valence-electron chi connectivity index (χ3n) is 2.33. The van der Waals surface area contributed by atoms with Crippen molar-refractivity contribution in [3.8, 4) is 0 Å². The van der Waals surface area contributed by atoms with Gasteiger partial charge in [0.1, 0.15) is 0 Å². The maximum absolute atomic E-state index is 11.4. The standard InChI is InChI=1S/C13H12OS4/c1-15-12-13(16-2)18-11(17-12)10(8-14)9-6-4-3-5-7-9/h3-8H,1-2H3. The molecule has 0 N–H and O–H groups in total. The van der Waals surface area contributed by atoms with Gasteiger partial charge in [-0.15, -0.1) is 23.5 Å². The highest BCUT2D eigenvalue weighted by atomic mass is 32.3. The van der Waals surface area contributed by atoms with Crippen LogP contribution in [0.4, 0.5) is 0 Å². The van der Waals surface area contributed by atoms with E-state index < -0.39 is 0 Å². The second kappa shape index (κ2) is 6.80. The monoisotopic (exact) mass is 312 g/mol. The Morgan fingerprint density at radius 2 is 1.61 bits per heavy atom. The summed E-state index contributed by atoms with van der Waals surface area (Å²) in [6, 6.07) is 9.84. The first kappa shape index (κ1) is 14.2. The lowest BCUT2D eigenvalue weighted by molar-refractivity contribution is -0.103. The lowest BCUT2D eigenvalue weighted by Crippen LogP contribution is -1.86. The summed E-state index contributed by atoms with van der Waals surface area (Å²) in [4.78, 5) is 11.4. The fourth-order valence-electron chi connectivity index (χ4n) is 1.48. The zero-order valence-corrected chi connectivity index (χ0v) is 13.3. The molecule has 0 amide bonds. The fourth-order valence-corrected chi connectivity index (χ4v) is 6.52. The van der Waals surface area contributed by atoms with E-state index in [2.05, 4.69) is 12.5 Å². The first-order valence-corrected chi connectivity index (χ1v) is 9.31.